The van der Waals surface area contributed by atoms with Gasteiger partial charge in [-0.2, -0.15) is 0 Å². The van der Waals surface area contributed by atoms with E-state index in [0.29, 0.717) is 17.4 Å². The van der Waals surface area contributed by atoms with E-state index in [1.165, 1.54) is 6.42 Å². The Kier molecular flexibility index (Phi) is 6.14. The maximum absolute atomic E-state index is 13.5. The molecule has 2 aliphatic heterocycles. The lowest BCUT2D eigenvalue weighted by atomic mass is 9.94. The van der Waals surface area contributed by atoms with Crippen LogP contribution >= 0.6 is 0 Å². The van der Waals surface area contributed by atoms with Gasteiger partial charge in [-0.15, -0.1) is 0 Å². The number of benzene rings is 3. The number of hydrogen-bond donors (Lipinski definition) is 3. The Labute approximate surface area is 216 Å². The molecule has 4 aromatic rings. The number of imidazole rings is 1. The van der Waals surface area contributed by atoms with Crippen LogP contribution in [-0.2, 0) is 4.79 Å². The highest BCUT2D eigenvalue weighted by Gasteiger charge is 2.31. The highest BCUT2D eigenvalue weighted by molar-refractivity contribution is 6.38. The van der Waals surface area contributed by atoms with Crippen molar-refractivity contribution in [3.8, 4) is 5.75 Å². The van der Waals surface area contributed by atoms with Crippen LogP contribution in [0.2, 0.25) is 0 Å². The number of anilines is 2. The molecular weight excluding hydrogens is 462 g/mol. The normalized spacial score (nSPS) is 19.0. The van der Waals surface area contributed by atoms with Gasteiger partial charge in [0.2, 0.25) is 0 Å². The van der Waals surface area contributed by atoms with Gasteiger partial charge in [-0.05, 0) is 61.8 Å². The lowest BCUT2D eigenvalue weighted by Crippen LogP contribution is -2.41. The average Bonchev–Trinajstić information content (AvgIpc) is 3.49. The number of nitrogens with zero attached hydrogens (tertiary/aromatic N) is 2. The van der Waals surface area contributed by atoms with Crippen molar-refractivity contribution < 1.29 is 9.53 Å². The van der Waals surface area contributed by atoms with Crippen molar-refractivity contribution in [3.05, 3.63) is 83.7 Å². The largest absolute Gasteiger partial charge is 0.497 e. The first-order valence-corrected chi connectivity index (χ1v) is 12.9. The van der Waals surface area contributed by atoms with Crippen molar-refractivity contribution >= 4 is 39.5 Å². The number of likely N-dealkylation sites (tertiary alicyclic amines) is 1. The number of aromatic nitrogens is 2. The van der Waals surface area contributed by atoms with Gasteiger partial charge in [-0.1, -0.05) is 37.3 Å². The molecule has 0 bridgehead atoms. The van der Waals surface area contributed by atoms with Gasteiger partial charge in [-0.3, -0.25) is 4.79 Å². The fraction of sp³-hybridized carbons (Fsp3) is 0.267. The van der Waals surface area contributed by atoms with Crippen LogP contribution in [0.5, 0.6) is 5.75 Å². The quantitative estimate of drug-likeness (QED) is 0.314. The first kappa shape index (κ1) is 23.3. The van der Waals surface area contributed by atoms with Crippen molar-refractivity contribution in [2.24, 2.45) is 0 Å². The minimum Gasteiger partial charge on any atom is -0.497 e. The second-order valence-electron chi connectivity index (χ2n) is 9.68. The van der Waals surface area contributed by atoms with Gasteiger partial charge in [0.15, 0.2) is 0 Å². The molecule has 2 aliphatic rings. The zero-order valence-electron chi connectivity index (χ0n) is 21.2. The molecule has 0 spiro atoms. The number of methoxy groups -OCH3 is 1. The third-order valence-corrected chi connectivity index (χ3v) is 7.33. The van der Waals surface area contributed by atoms with Crippen LogP contribution in [-0.4, -0.2) is 53.6 Å². The summed E-state index contributed by atoms with van der Waals surface area (Å²) in [7, 11) is 1.64. The monoisotopic (exact) mass is 493 g/mol. The first-order valence-electron chi connectivity index (χ1n) is 12.9. The Balaban J connectivity index is 1.46. The first-order chi connectivity index (χ1) is 18.1. The Hall–Kier alpha value is -4.10. The van der Waals surface area contributed by atoms with Crippen LogP contribution in [0.1, 0.15) is 36.7 Å². The molecule has 3 N–H and O–H groups in total. The number of amides is 1. The molecule has 0 saturated carbocycles. The molecule has 37 heavy (non-hydrogen) atoms. The fourth-order valence-electron chi connectivity index (χ4n) is 5.44. The molecule has 6 rings (SSSR count). The number of H-pyrrole nitrogens is 1. The Bertz CT molecular complexity index is 1490. The van der Waals surface area contributed by atoms with Crippen LogP contribution in [0.25, 0.3) is 22.2 Å². The second-order valence-corrected chi connectivity index (χ2v) is 9.68. The molecule has 1 atom stereocenters. The summed E-state index contributed by atoms with van der Waals surface area (Å²) < 4.78 is 5.39. The summed E-state index contributed by atoms with van der Waals surface area (Å²) in [5.41, 5.74) is 6.72. The van der Waals surface area contributed by atoms with Crippen molar-refractivity contribution in [3.63, 3.8) is 0 Å². The van der Waals surface area contributed by atoms with Crippen molar-refractivity contribution in [2.45, 2.75) is 25.8 Å². The van der Waals surface area contributed by atoms with Gasteiger partial charge in [0.1, 0.15) is 11.6 Å². The van der Waals surface area contributed by atoms with Crippen LogP contribution in [0.3, 0.4) is 0 Å². The number of carbonyl (C=O) groups is 1. The predicted molar refractivity (Wildman–Crippen MR) is 149 cm³/mol. The van der Waals surface area contributed by atoms with E-state index in [1.807, 2.05) is 54.6 Å². The molecule has 0 radical (unpaired) electrons. The molecule has 7 heteroatoms. The third kappa shape index (κ3) is 4.47. The number of likely N-dealkylation sites (N-methyl/N-ethyl adjacent to an activating group) is 1. The molecule has 7 nitrogen and oxygen atoms in total. The van der Waals surface area contributed by atoms with Gasteiger partial charge in [-0.25, -0.2) is 4.98 Å². The van der Waals surface area contributed by atoms with Gasteiger partial charge in [0.05, 0.1) is 23.7 Å². The molecule has 1 aromatic heterocycles. The number of nitrogens with one attached hydrogen (secondary N) is 3. The van der Waals surface area contributed by atoms with E-state index in [2.05, 4.69) is 39.6 Å². The van der Waals surface area contributed by atoms with E-state index >= 15 is 0 Å². The highest BCUT2D eigenvalue weighted by Crippen LogP contribution is 2.41. The topological polar surface area (TPSA) is 82.3 Å². The summed E-state index contributed by atoms with van der Waals surface area (Å²) in [6.07, 6.45) is 2.34. The maximum Gasteiger partial charge on any atom is 0.257 e. The minimum absolute atomic E-state index is 0.126. The number of fused-ring (bicyclic) bond motifs is 2. The summed E-state index contributed by atoms with van der Waals surface area (Å²) in [4.78, 5) is 24.3. The molecule has 3 aromatic carbocycles. The van der Waals surface area contributed by atoms with Crippen LogP contribution in [0.4, 0.5) is 11.4 Å². The van der Waals surface area contributed by atoms with E-state index in [0.717, 1.165) is 70.9 Å². The van der Waals surface area contributed by atoms with E-state index in [-0.39, 0.29) is 5.91 Å². The molecular formula is C30H31N5O2. The van der Waals surface area contributed by atoms with Crippen LogP contribution < -0.4 is 15.4 Å². The lowest BCUT2D eigenvalue weighted by Gasteiger charge is -2.32. The number of carbonyl (C=O) groups excluding carboxylic acids is 1. The average molecular weight is 494 g/mol. The highest BCUT2D eigenvalue weighted by atomic mass is 16.5. The zero-order chi connectivity index (χ0) is 25.4. The number of ether oxygens (including phenoxy) is 1. The Morgan fingerprint density at radius 2 is 2.00 bits per heavy atom. The molecule has 1 amide bonds. The Morgan fingerprint density at radius 1 is 1.14 bits per heavy atom. The van der Waals surface area contributed by atoms with Crippen LogP contribution in [0.15, 0.2) is 66.7 Å². The van der Waals surface area contributed by atoms with Gasteiger partial charge >= 0.3 is 0 Å². The summed E-state index contributed by atoms with van der Waals surface area (Å²) >= 11 is 0. The van der Waals surface area contributed by atoms with Crippen molar-refractivity contribution in [1.29, 1.82) is 0 Å². The number of aromatic amines is 1. The minimum atomic E-state index is -0.126. The van der Waals surface area contributed by atoms with E-state index < -0.39 is 0 Å². The van der Waals surface area contributed by atoms with E-state index in [9.17, 15) is 4.79 Å². The van der Waals surface area contributed by atoms with Crippen molar-refractivity contribution in [1.82, 2.24) is 14.9 Å². The second kappa shape index (κ2) is 9.75. The summed E-state index contributed by atoms with van der Waals surface area (Å²) in [6.45, 7) is 5.47. The number of rotatable bonds is 6. The predicted octanol–water partition coefficient (Wildman–Crippen LogP) is 5.38. The van der Waals surface area contributed by atoms with Gasteiger partial charge in [0.25, 0.3) is 5.91 Å². The molecule has 1 saturated heterocycles. The maximum atomic E-state index is 13.5. The molecule has 1 unspecified atom stereocenters. The SMILES string of the molecule is CCN1CCCC(Nc2ccc3c(c2)/C(=C(\c2ccccc2)c2nc4cc(OC)ccc4[nH]2)C(=O)N3)C1. The standard InChI is InChI=1S/C30H31N5O2/c1-3-35-15-7-10-21(18-35)31-20-11-13-24-23(16-20)28(30(36)34-24)27(19-8-5-4-6-9-19)29-32-25-14-12-22(37-2)17-26(25)33-29/h4-6,8-9,11-14,16-17,21,31H,3,7,10,15,18H2,1-2H3,(H,32,33)(H,34,36)/b28-27-. The van der Waals surface area contributed by atoms with Crippen LogP contribution in [0, 0.1) is 0 Å². The Morgan fingerprint density at radius 3 is 2.81 bits per heavy atom. The molecule has 188 valence electrons. The molecule has 1 fully saturated rings. The lowest BCUT2D eigenvalue weighted by molar-refractivity contribution is -0.110. The van der Waals surface area contributed by atoms with Crippen molar-refractivity contribution in [2.75, 3.05) is 37.4 Å². The third-order valence-electron chi connectivity index (χ3n) is 7.33. The van der Waals surface area contributed by atoms with E-state index in [4.69, 9.17) is 9.72 Å². The zero-order valence-corrected chi connectivity index (χ0v) is 21.2. The smallest absolute Gasteiger partial charge is 0.257 e. The van der Waals surface area contributed by atoms with E-state index in [1.54, 1.807) is 7.11 Å². The molecule has 0 aliphatic carbocycles. The number of piperidine rings is 1. The summed E-state index contributed by atoms with van der Waals surface area (Å²) in [5.74, 6) is 1.26. The summed E-state index contributed by atoms with van der Waals surface area (Å²) in [5, 5.41) is 6.79. The molecule has 3 heterocycles. The fourth-order valence-corrected chi connectivity index (χ4v) is 5.44. The summed E-state index contributed by atoms with van der Waals surface area (Å²) in [6, 6.07) is 22.3. The van der Waals surface area contributed by atoms with Gasteiger partial charge < -0.3 is 25.3 Å². The van der Waals surface area contributed by atoms with Gasteiger partial charge in [0, 0.05) is 41.2 Å². The number of hydrogen-bond acceptors (Lipinski definition) is 5.